The van der Waals surface area contributed by atoms with Crippen molar-refractivity contribution in [2.75, 3.05) is 13.6 Å². The van der Waals surface area contributed by atoms with E-state index < -0.39 is 0 Å². The number of piperidine rings is 1. The van der Waals surface area contributed by atoms with E-state index in [0.717, 1.165) is 44.9 Å². The second-order valence-corrected chi connectivity index (χ2v) is 5.78. The van der Waals surface area contributed by atoms with E-state index in [1.807, 2.05) is 0 Å². The van der Waals surface area contributed by atoms with E-state index in [-0.39, 0.29) is 42.2 Å². The number of nitrogens with zero attached hydrogens (tertiary/aromatic N) is 1. The highest BCUT2D eigenvalue weighted by molar-refractivity contribution is 5.88. The van der Waals surface area contributed by atoms with Gasteiger partial charge in [0.05, 0.1) is 0 Å². The number of halogens is 1. The van der Waals surface area contributed by atoms with E-state index in [1.54, 1.807) is 11.9 Å². The first kappa shape index (κ1) is 17.2. The van der Waals surface area contributed by atoms with Gasteiger partial charge in [-0.2, -0.15) is 0 Å². The van der Waals surface area contributed by atoms with Crippen LogP contribution in [-0.2, 0) is 9.59 Å². The second kappa shape index (κ2) is 7.84. The SMILES string of the molecule is CNC(=O)C1CCCCN1C(=O)C1CCCC(N)C1.Cl. The summed E-state index contributed by atoms with van der Waals surface area (Å²) in [6.07, 6.45) is 6.53. The molecule has 1 saturated heterocycles. The Kier molecular flexibility index (Phi) is 6.76. The van der Waals surface area contributed by atoms with Crippen LogP contribution in [-0.4, -0.2) is 42.4 Å². The topological polar surface area (TPSA) is 75.4 Å². The number of amides is 2. The summed E-state index contributed by atoms with van der Waals surface area (Å²) in [4.78, 5) is 26.3. The standard InChI is InChI=1S/C14H25N3O2.ClH/c1-16-13(18)12-7-2-3-8-17(12)14(19)10-5-4-6-11(15)9-10;/h10-12H,2-9,15H2,1H3,(H,16,18);1H. The molecular weight excluding hydrogens is 278 g/mol. The minimum Gasteiger partial charge on any atom is -0.357 e. The maximum Gasteiger partial charge on any atom is 0.242 e. The number of carbonyl (C=O) groups is 2. The molecule has 2 amide bonds. The van der Waals surface area contributed by atoms with Crippen LogP contribution in [0, 0.1) is 5.92 Å². The van der Waals surface area contributed by atoms with Crippen LogP contribution < -0.4 is 11.1 Å². The fourth-order valence-corrected chi connectivity index (χ4v) is 3.32. The third-order valence-corrected chi connectivity index (χ3v) is 4.40. The van der Waals surface area contributed by atoms with E-state index in [1.165, 1.54) is 0 Å². The largest absolute Gasteiger partial charge is 0.357 e. The van der Waals surface area contributed by atoms with E-state index in [2.05, 4.69) is 5.32 Å². The second-order valence-electron chi connectivity index (χ2n) is 5.78. The number of nitrogens with one attached hydrogen (secondary N) is 1. The minimum absolute atomic E-state index is 0. The number of hydrogen-bond donors (Lipinski definition) is 2. The molecule has 0 aromatic rings. The zero-order valence-corrected chi connectivity index (χ0v) is 13.0. The van der Waals surface area contributed by atoms with Gasteiger partial charge in [0.2, 0.25) is 11.8 Å². The Bertz CT molecular complexity index is 351. The maximum absolute atomic E-state index is 12.6. The van der Waals surface area contributed by atoms with Gasteiger partial charge in [0.15, 0.2) is 0 Å². The smallest absolute Gasteiger partial charge is 0.242 e. The van der Waals surface area contributed by atoms with Gasteiger partial charge in [-0.1, -0.05) is 6.42 Å². The average molecular weight is 304 g/mol. The Morgan fingerprint density at radius 3 is 2.55 bits per heavy atom. The molecule has 2 aliphatic rings. The summed E-state index contributed by atoms with van der Waals surface area (Å²) in [5.41, 5.74) is 5.96. The summed E-state index contributed by atoms with van der Waals surface area (Å²) in [6, 6.07) is -0.129. The van der Waals surface area contributed by atoms with Crippen molar-refractivity contribution >= 4 is 24.2 Å². The summed E-state index contributed by atoms with van der Waals surface area (Å²) in [7, 11) is 1.64. The van der Waals surface area contributed by atoms with Crippen molar-refractivity contribution in [1.82, 2.24) is 10.2 Å². The molecule has 1 aliphatic carbocycles. The first-order valence-corrected chi connectivity index (χ1v) is 7.41. The van der Waals surface area contributed by atoms with Gasteiger partial charge in [-0.05, 0) is 38.5 Å². The molecule has 3 N–H and O–H groups in total. The molecule has 20 heavy (non-hydrogen) atoms. The van der Waals surface area contributed by atoms with Crippen molar-refractivity contribution in [2.24, 2.45) is 11.7 Å². The van der Waals surface area contributed by atoms with Gasteiger partial charge in [0.25, 0.3) is 0 Å². The zero-order chi connectivity index (χ0) is 13.8. The van der Waals surface area contributed by atoms with Crippen LogP contribution in [0.5, 0.6) is 0 Å². The predicted octanol–water partition coefficient (Wildman–Crippen LogP) is 1.05. The number of rotatable bonds is 2. The lowest BCUT2D eigenvalue weighted by atomic mass is 9.84. The van der Waals surface area contributed by atoms with Crippen LogP contribution in [0.25, 0.3) is 0 Å². The first-order valence-electron chi connectivity index (χ1n) is 7.41. The van der Waals surface area contributed by atoms with Gasteiger partial charge in [-0.25, -0.2) is 0 Å². The quantitative estimate of drug-likeness (QED) is 0.801. The molecule has 5 nitrogen and oxygen atoms in total. The average Bonchev–Trinajstić information content (AvgIpc) is 2.45. The molecule has 1 aliphatic heterocycles. The van der Waals surface area contributed by atoms with Crippen molar-refractivity contribution in [3.8, 4) is 0 Å². The van der Waals surface area contributed by atoms with E-state index in [9.17, 15) is 9.59 Å². The van der Waals surface area contributed by atoms with Crippen molar-refractivity contribution in [3.05, 3.63) is 0 Å². The van der Waals surface area contributed by atoms with Crippen molar-refractivity contribution in [2.45, 2.75) is 57.0 Å². The lowest BCUT2D eigenvalue weighted by molar-refractivity contribution is -0.146. The summed E-state index contributed by atoms with van der Waals surface area (Å²) < 4.78 is 0. The fraction of sp³-hybridized carbons (Fsp3) is 0.857. The van der Waals surface area contributed by atoms with Crippen LogP contribution in [0.1, 0.15) is 44.9 Å². The summed E-state index contributed by atoms with van der Waals surface area (Å²) in [5.74, 6) is 0.130. The first-order chi connectivity index (χ1) is 9.13. The molecule has 0 aromatic heterocycles. The highest BCUT2D eigenvalue weighted by atomic mass is 35.5. The van der Waals surface area contributed by atoms with Gasteiger partial charge in [0, 0.05) is 25.6 Å². The summed E-state index contributed by atoms with van der Waals surface area (Å²) >= 11 is 0. The van der Waals surface area contributed by atoms with Crippen molar-refractivity contribution in [3.63, 3.8) is 0 Å². The molecule has 3 unspecified atom stereocenters. The van der Waals surface area contributed by atoms with Crippen LogP contribution in [0.4, 0.5) is 0 Å². The molecule has 1 saturated carbocycles. The minimum atomic E-state index is -0.274. The van der Waals surface area contributed by atoms with Gasteiger partial charge in [0.1, 0.15) is 6.04 Å². The Morgan fingerprint density at radius 1 is 1.15 bits per heavy atom. The number of nitrogens with two attached hydrogens (primary N) is 1. The van der Waals surface area contributed by atoms with E-state index in [0.29, 0.717) is 6.54 Å². The van der Waals surface area contributed by atoms with Gasteiger partial charge >= 0.3 is 0 Å². The van der Waals surface area contributed by atoms with E-state index in [4.69, 9.17) is 5.73 Å². The highest BCUT2D eigenvalue weighted by Gasteiger charge is 2.36. The van der Waals surface area contributed by atoms with E-state index >= 15 is 0 Å². The molecule has 6 heteroatoms. The van der Waals surface area contributed by atoms with Crippen LogP contribution in [0.3, 0.4) is 0 Å². The Morgan fingerprint density at radius 2 is 1.90 bits per heavy atom. The number of likely N-dealkylation sites (N-methyl/N-ethyl adjacent to an activating group) is 1. The number of carbonyl (C=O) groups excluding carboxylic acids is 2. The van der Waals surface area contributed by atoms with Crippen molar-refractivity contribution < 1.29 is 9.59 Å². The normalized spacial score (nSPS) is 30.3. The predicted molar refractivity (Wildman–Crippen MR) is 80.6 cm³/mol. The highest BCUT2D eigenvalue weighted by Crippen LogP contribution is 2.28. The Hall–Kier alpha value is -0.810. The van der Waals surface area contributed by atoms with Gasteiger partial charge < -0.3 is 16.0 Å². The zero-order valence-electron chi connectivity index (χ0n) is 12.1. The fourth-order valence-electron chi connectivity index (χ4n) is 3.32. The number of hydrogen-bond acceptors (Lipinski definition) is 3. The summed E-state index contributed by atoms with van der Waals surface area (Å²) in [5, 5.41) is 2.67. The van der Waals surface area contributed by atoms with Gasteiger partial charge in [-0.3, -0.25) is 9.59 Å². The molecule has 0 bridgehead atoms. The third-order valence-electron chi connectivity index (χ3n) is 4.40. The lowest BCUT2D eigenvalue weighted by Gasteiger charge is -2.38. The van der Waals surface area contributed by atoms with Crippen LogP contribution in [0.2, 0.25) is 0 Å². The molecule has 0 spiro atoms. The monoisotopic (exact) mass is 303 g/mol. The van der Waals surface area contributed by atoms with Crippen LogP contribution in [0.15, 0.2) is 0 Å². The molecule has 0 aromatic carbocycles. The molecule has 0 radical (unpaired) electrons. The maximum atomic E-state index is 12.6. The third kappa shape index (κ3) is 3.85. The molecular formula is C14H26ClN3O2. The number of likely N-dealkylation sites (tertiary alicyclic amines) is 1. The van der Waals surface area contributed by atoms with Crippen LogP contribution >= 0.6 is 12.4 Å². The van der Waals surface area contributed by atoms with Gasteiger partial charge in [-0.15, -0.1) is 12.4 Å². The molecule has 1 heterocycles. The molecule has 2 rings (SSSR count). The lowest BCUT2D eigenvalue weighted by Crippen LogP contribution is -2.53. The Balaban J connectivity index is 0.00000200. The van der Waals surface area contributed by atoms with Crippen molar-refractivity contribution in [1.29, 1.82) is 0 Å². The summed E-state index contributed by atoms with van der Waals surface area (Å²) in [6.45, 7) is 0.711. The molecule has 2 fully saturated rings. The molecule has 116 valence electrons. The Labute approximate surface area is 127 Å². The molecule has 3 atom stereocenters.